The summed E-state index contributed by atoms with van der Waals surface area (Å²) >= 11 is 7.99. The number of halogens is 1. The minimum Gasteiger partial charge on any atom is -0.494 e. The van der Waals surface area contributed by atoms with Gasteiger partial charge in [0.05, 0.1) is 36.5 Å². The average molecular weight is 763 g/mol. The number of amides is 4. The molecule has 4 unspecified atom stereocenters. The minimum atomic E-state index is -1.16. The maximum Gasteiger partial charge on any atom is 0.293 e. The number of aliphatic hydroxyl groups excluding tert-OH is 2. The fraction of sp³-hybridized carbons (Fsp3) is 0.263. The summed E-state index contributed by atoms with van der Waals surface area (Å²) in [5.74, 6) is 0.298. The van der Waals surface area contributed by atoms with Crippen molar-refractivity contribution in [3.05, 3.63) is 118 Å². The van der Waals surface area contributed by atoms with Crippen molar-refractivity contribution in [3.8, 4) is 17.2 Å². The second-order valence-corrected chi connectivity index (χ2v) is 14.9. The summed E-state index contributed by atoms with van der Waals surface area (Å²) < 4.78 is 17.4. The lowest BCUT2D eigenvalue weighted by Crippen LogP contribution is -2.32. The lowest BCUT2D eigenvalue weighted by Gasteiger charge is -2.22. The molecule has 0 aliphatic carbocycles. The third-order valence-corrected chi connectivity index (χ3v) is 10.9. The monoisotopic (exact) mass is 762 g/mol. The van der Waals surface area contributed by atoms with Crippen molar-refractivity contribution in [3.63, 3.8) is 0 Å². The van der Waals surface area contributed by atoms with Crippen LogP contribution >= 0.6 is 35.1 Å². The van der Waals surface area contributed by atoms with Crippen LogP contribution in [0.2, 0.25) is 5.02 Å². The first-order valence-corrected chi connectivity index (χ1v) is 18.5. The van der Waals surface area contributed by atoms with Gasteiger partial charge in [0.2, 0.25) is 11.8 Å². The number of carbonyl (C=O) groups excluding carboxylic acids is 4. The Morgan fingerprint density at radius 3 is 2.06 bits per heavy atom. The zero-order chi connectivity index (χ0) is 36.8. The Kier molecular flexibility index (Phi) is 12.1. The van der Waals surface area contributed by atoms with E-state index in [9.17, 15) is 29.4 Å². The molecule has 2 fully saturated rings. The number of para-hydroxylation sites is 1. The van der Waals surface area contributed by atoms with E-state index in [0.717, 1.165) is 45.1 Å². The summed E-state index contributed by atoms with van der Waals surface area (Å²) in [7, 11) is 1.40. The third kappa shape index (κ3) is 8.73. The smallest absolute Gasteiger partial charge is 0.293 e. The van der Waals surface area contributed by atoms with E-state index in [4.69, 9.17) is 25.8 Å². The van der Waals surface area contributed by atoms with Crippen molar-refractivity contribution >= 4 is 63.1 Å². The molecule has 52 heavy (non-hydrogen) atoms. The molecule has 14 heteroatoms. The zero-order valence-electron chi connectivity index (χ0n) is 27.9. The molecule has 4 atom stereocenters. The Labute approximate surface area is 313 Å². The number of hydrogen-bond donors (Lipinski definition) is 3. The van der Waals surface area contributed by atoms with Crippen molar-refractivity contribution < 1.29 is 43.6 Å². The van der Waals surface area contributed by atoms with Crippen LogP contribution < -0.4 is 24.4 Å². The number of thioether (sulfide) groups is 2. The number of hydrogen-bond acceptors (Lipinski definition) is 11. The van der Waals surface area contributed by atoms with E-state index in [1.165, 1.54) is 7.11 Å². The lowest BCUT2D eigenvalue weighted by molar-refractivity contribution is -0.119. The highest BCUT2D eigenvalue weighted by molar-refractivity contribution is 8.16. The van der Waals surface area contributed by atoms with E-state index >= 15 is 0 Å². The molecule has 2 aliphatic heterocycles. The highest BCUT2D eigenvalue weighted by Gasteiger charge is 2.42. The fourth-order valence-electron chi connectivity index (χ4n) is 5.88. The van der Waals surface area contributed by atoms with Gasteiger partial charge in [-0.2, -0.15) is 0 Å². The summed E-state index contributed by atoms with van der Waals surface area (Å²) in [6.45, 7) is 0.00178. The van der Waals surface area contributed by atoms with Crippen molar-refractivity contribution in [2.45, 2.75) is 35.4 Å². The van der Waals surface area contributed by atoms with E-state index in [1.807, 2.05) is 24.3 Å². The molecule has 4 aromatic carbocycles. The predicted octanol–water partition coefficient (Wildman–Crippen LogP) is 6.32. The Balaban J connectivity index is 1.06. The van der Waals surface area contributed by atoms with Gasteiger partial charge in [0.1, 0.15) is 30.0 Å². The molecule has 0 radical (unpaired) electrons. The molecule has 11 nitrogen and oxygen atoms in total. The maximum atomic E-state index is 13.6. The highest BCUT2D eigenvalue weighted by Crippen LogP contribution is 2.41. The van der Waals surface area contributed by atoms with Gasteiger partial charge in [-0.05, 0) is 72.0 Å². The van der Waals surface area contributed by atoms with Gasteiger partial charge in [-0.25, -0.2) is 4.90 Å². The van der Waals surface area contributed by atoms with Gasteiger partial charge in [-0.1, -0.05) is 83.7 Å². The Bertz CT molecular complexity index is 1940. The number of ether oxygens (including phenoxy) is 3. The molecular weight excluding hydrogens is 728 g/mol. The zero-order valence-corrected chi connectivity index (χ0v) is 30.3. The average Bonchev–Trinajstić information content (AvgIpc) is 3.61. The van der Waals surface area contributed by atoms with Crippen LogP contribution in [-0.2, 0) is 22.4 Å². The molecule has 2 heterocycles. The molecule has 0 bridgehead atoms. The molecular formula is C38H35ClN2O9S2. The largest absolute Gasteiger partial charge is 0.494 e. The highest BCUT2D eigenvalue weighted by atomic mass is 35.5. The van der Waals surface area contributed by atoms with Gasteiger partial charge in [0.25, 0.3) is 10.5 Å². The van der Waals surface area contributed by atoms with Crippen LogP contribution in [0.4, 0.5) is 15.3 Å². The number of anilines is 1. The van der Waals surface area contributed by atoms with Crippen LogP contribution in [-0.4, -0.2) is 69.9 Å². The Morgan fingerprint density at radius 2 is 1.46 bits per heavy atom. The number of aliphatic hydroxyl groups is 2. The topological polar surface area (TPSA) is 152 Å². The van der Waals surface area contributed by atoms with Crippen LogP contribution in [0.25, 0.3) is 0 Å². The summed E-state index contributed by atoms with van der Waals surface area (Å²) in [5.41, 5.74) is 3.13. The molecule has 0 aromatic heterocycles. The van der Waals surface area contributed by atoms with Gasteiger partial charge >= 0.3 is 0 Å². The molecule has 0 spiro atoms. The van der Waals surface area contributed by atoms with Crippen molar-refractivity contribution in [2.75, 3.05) is 31.8 Å². The van der Waals surface area contributed by atoms with Crippen LogP contribution in [0, 0.1) is 0 Å². The van der Waals surface area contributed by atoms with Crippen LogP contribution in [0.1, 0.15) is 34.3 Å². The molecule has 4 aromatic rings. The van der Waals surface area contributed by atoms with Crippen LogP contribution in [0.5, 0.6) is 17.2 Å². The molecule has 0 saturated carbocycles. The number of imide groups is 2. The molecule has 2 saturated heterocycles. The van der Waals surface area contributed by atoms with E-state index in [2.05, 4.69) is 5.32 Å². The maximum absolute atomic E-state index is 13.6. The van der Waals surface area contributed by atoms with E-state index < -0.39 is 27.8 Å². The lowest BCUT2D eigenvalue weighted by atomic mass is 10.0. The summed E-state index contributed by atoms with van der Waals surface area (Å²) in [4.78, 5) is 51.3. The van der Waals surface area contributed by atoms with Crippen molar-refractivity contribution in [1.29, 1.82) is 0 Å². The Hall–Kier alpha value is -4.53. The van der Waals surface area contributed by atoms with Crippen LogP contribution in [0.3, 0.4) is 0 Å². The summed E-state index contributed by atoms with van der Waals surface area (Å²) in [5, 5.41) is 21.9. The second-order valence-electron chi connectivity index (χ2n) is 12.1. The van der Waals surface area contributed by atoms with Gasteiger partial charge in [-0.3, -0.25) is 24.5 Å². The number of rotatable bonds is 15. The molecule has 3 N–H and O–H groups in total. The normalized spacial score (nSPS) is 18.3. The summed E-state index contributed by atoms with van der Waals surface area (Å²) in [6, 6.07) is 26.4. The quantitative estimate of drug-likeness (QED) is 0.125. The fourth-order valence-corrected chi connectivity index (χ4v) is 7.96. The number of methoxy groups -OCH3 is 1. The SMILES string of the molecule is COc1c(C(O)COc2ccc(CC3SC(=O)NC3=O)cc2)cccc1N1C(=O)SC(Cc2ccc(OCC(CO)c3cccc(Cl)c3)cc2)C1=O. The van der Waals surface area contributed by atoms with E-state index in [0.29, 0.717) is 34.9 Å². The van der Waals surface area contributed by atoms with E-state index in [1.54, 1.807) is 66.7 Å². The summed E-state index contributed by atoms with van der Waals surface area (Å²) in [6.07, 6.45) is -0.466. The number of benzene rings is 4. The number of nitrogens with one attached hydrogen (secondary N) is 1. The minimum absolute atomic E-state index is 0.102. The molecule has 4 amide bonds. The molecule has 2 aliphatic rings. The number of nitrogens with zero attached hydrogens (tertiary/aromatic N) is 1. The first-order valence-electron chi connectivity index (χ1n) is 16.3. The van der Waals surface area contributed by atoms with Gasteiger partial charge in [0, 0.05) is 16.5 Å². The second kappa shape index (κ2) is 16.9. The number of carbonyl (C=O) groups is 4. The van der Waals surface area contributed by atoms with Crippen LogP contribution in [0.15, 0.2) is 91.0 Å². The first-order chi connectivity index (χ1) is 25.1. The standard InChI is InChI=1S/C38H35ClN2O9S2/c1-48-34-29(31(43)21-50-28-14-8-22(9-15-28)16-32-35(44)40-37(46)51-32)6-3-7-30(34)41-36(45)33(52-38(41)47)17-23-10-12-27(13-11-23)49-20-25(19-42)24-4-2-5-26(39)18-24/h2-15,18,25,31-33,42-43H,16-17,19-21H2,1H3,(H,40,44,46). The predicted molar refractivity (Wildman–Crippen MR) is 200 cm³/mol. The van der Waals surface area contributed by atoms with Crippen molar-refractivity contribution in [2.24, 2.45) is 0 Å². The molecule has 6 rings (SSSR count). The first kappa shape index (κ1) is 37.2. The van der Waals surface area contributed by atoms with Crippen molar-refractivity contribution in [1.82, 2.24) is 5.32 Å². The third-order valence-electron chi connectivity index (χ3n) is 8.61. The van der Waals surface area contributed by atoms with E-state index in [-0.39, 0.29) is 48.3 Å². The van der Waals surface area contributed by atoms with Gasteiger partial charge in [-0.15, -0.1) is 0 Å². The van der Waals surface area contributed by atoms with Gasteiger partial charge in [0.15, 0.2) is 0 Å². The Morgan fingerprint density at radius 1 is 0.827 bits per heavy atom. The van der Waals surface area contributed by atoms with Gasteiger partial charge < -0.3 is 24.4 Å². The molecule has 270 valence electrons.